The van der Waals surface area contributed by atoms with Gasteiger partial charge in [-0.15, -0.1) is 5.10 Å². The molecule has 3 aromatic carbocycles. The molecule has 0 bridgehead atoms. The maximum atomic E-state index is 13.4. The van der Waals surface area contributed by atoms with Gasteiger partial charge in [0.15, 0.2) is 5.82 Å². The van der Waals surface area contributed by atoms with Gasteiger partial charge in [-0.05, 0) is 73.5 Å². The standard InChI is InChI=1S/C28H23ClF3N5O2/c1-27(2,21-4-3-5-22(14-21)28(30,31)32)34-24(38)17-37-26(39)36(16-19-8-6-18(15-33)7-9-19)25(35-37)20-10-12-23(29)13-11-20/h3-14H,16-17H2,1-2H3,(H,34,38). The van der Waals surface area contributed by atoms with Gasteiger partial charge in [0.2, 0.25) is 5.91 Å². The number of nitriles is 1. The smallest absolute Gasteiger partial charge is 0.346 e. The van der Waals surface area contributed by atoms with E-state index in [1.807, 2.05) is 6.07 Å². The molecular weight excluding hydrogens is 531 g/mol. The van der Waals surface area contributed by atoms with Crippen LogP contribution in [0.15, 0.2) is 77.6 Å². The van der Waals surface area contributed by atoms with Gasteiger partial charge in [0, 0.05) is 10.6 Å². The number of halogens is 4. The van der Waals surface area contributed by atoms with Gasteiger partial charge in [0.1, 0.15) is 6.54 Å². The van der Waals surface area contributed by atoms with Gasteiger partial charge in [0.25, 0.3) is 0 Å². The van der Waals surface area contributed by atoms with Crippen LogP contribution in [0.3, 0.4) is 0 Å². The molecule has 1 heterocycles. The number of benzene rings is 3. The molecule has 0 saturated heterocycles. The monoisotopic (exact) mass is 553 g/mol. The Balaban J connectivity index is 1.63. The molecule has 1 aromatic heterocycles. The van der Waals surface area contributed by atoms with E-state index in [1.165, 1.54) is 16.7 Å². The Hall–Kier alpha value is -4.36. The van der Waals surface area contributed by atoms with Crippen molar-refractivity contribution >= 4 is 17.5 Å². The van der Waals surface area contributed by atoms with Crippen LogP contribution in [0.4, 0.5) is 13.2 Å². The molecule has 0 aliphatic carbocycles. The molecule has 0 aliphatic heterocycles. The Labute approximate surface area is 227 Å². The minimum Gasteiger partial charge on any atom is -0.346 e. The second-order valence-corrected chi connectivity index (χ2v) is 9.85. The summed E-state index contributed by atoms with van der Waals surface area (Å²) < 4.78 is 42.0. The lowest BCUT2D eigenvalue weighted by molar-refractivity contribution is -0.137. The Kier molecular flexibility index (Phi) is 7.65. The molecule has 0 atom stereocenters. The highest BCUT2D eigenvalue weighted by Crippen LogP contribution is 2.32. The quantitative estimate of drug-likeness (QED) is 0.334. The summed E-state index contributed by atoms with van der Waals surface area (Å²) >= 11 is 6.01. The lowest BCUT2D eigenvalue weighted by Crippen LogP contribution is -2.44. The molecule has 0 unspecified atom stereocenters. The molecule has 0 spiro atoms. The van der Waals surface area contributed by atoms with E-state index in [0.717, 1.165) is 22.4 Å². The third-order valence-corrected chi connectivity index (χ3v) is 6.36. The van der Waals surface area contributed by atoms with Gasteiger partial charge in [-0.1, -0.05) is 35.9 Å². The lowest BCUT2D eigenvalue weighted by atomic mass is 9.92. The summed E-state index contributed by atoms with van der Waals surface area (Å²) in [5, 5.41) is 16.6. The van der Waals surface area contributed by atoms with Crippen molar-refractivity contribution < 1.29 is 18.0 Å². The fraction of sp³-hybridized carbons (Fsp3) is 0.214. The molecule has 1 amide bonds. The van der Waals surface area contributed by atoms with E-state index in [4.69, 9.17) is 16.9 Å². The molecule has 1 N–H and O–H groups in total. The van der Waals surface area contributed by atoms with Crippen LogP contribution < -0.4 is 11.0 Å². The third-order valence-electron chi connectivity index (χ3n) is 6.11. The van der Waals surface area contributed by atoms with Crippen LogP contribution >= 0.6 is 11.6 Å². The Morgan fingerprint density at radius 1 is 1.03 bits per heavy atom. The van der Waals surface area contributed by atoms with Crippen LogP contribution in [0, 0.1) is 11.3 Å². The molecule has 0 saturated carbocycles. The van der Waals surface area contributed by atoms with Crippen molar-refractivity contribution in [1.29, 1.82) is 5.26 Å². The van der Waals surface area contributed by atoms with Crippen molar-refractivity contribution in [2.75, 3.05) is 0 Å². The average molecular weight is 554 g/mol. The molecule has 0 fully saturated rings. The lowest BCUT2D eigenvalue weighted by Gasteiger charge is -2.27. The maximum absolute atomic E-state index is 13.4. The van der Waals surface area contributed by atoms with Gasteiger partial charge >= 0.3 is 11.9 Å². The van der Waals surface area contributed by atoms with Gasteiger partial charge in [0.05, 0.1) is 29.3 Å². The number of carbonyl (C=O) groups is 1. The summed E-state index contributed by atoms with van der Waals surface area (Å²) in [6.45, 7) is 2.82. The first-order valence-corrected chi connectivity index (χ1v) is 12.2. The fourth-order valence-electron chi connectivity index (χ4n) is 4.05. The van der Waals surface area contributed by atoms with Crippen LogP contribution in [0.5, 0.6) is 0 Å². The number of nitrogens with zero attached hydrogens (tertiary/aromatic N) is 4. The minimum absolute atomic E-state index is 0.125. The van der Waals surface area contributed by atoms with Crippen molar-refractivity contribution in [3.8, 4) is 17.5 Å². The first-order chi connectivity index (χ1) is 18.4. The zero-order valence-electron chi connectivity index (χ0n) is 21.0. The van der Waals surface area contributed by atoms with E-state index >= 15 is 0 Å². The van der Waals surface area contributed by atoms with Gasteiger partial charge < -0.3 is 5.32 Å². The summed E-state index contributed by atoms with van der Waals surface area (Å²) in [6.07, 6.45) is -4.52. The zero-order valence-corrected chi connectivity index (χ0v) is 21.7. The summed E-state index contributed by atoms with van der Waals surface area (Å²) in [5.74, 6) is -0.309. The average Bonchev–Trinajstić information content (AvgIpc) is 3.18. The molecule has 7 nitrogen and oxygen atoms in total. The van der Waals surface area contributed by atoms with E-state index in [0.29, 0.717) is 22.0 Å². The van der Waals surface area contributed by atoms with Crippen molar-refractivity contribution in [1.82, 2.24) is 19.7 Å². The van der Waals surface area contributed by atoms with Crippen LogP contribution in [0.1, 0.15) is 36.1 Å². The topological polar surface area (TPSA) is 92.7 Å². The van der Waals surface area contributed by atoms with E-state index < -0.39 is 35.4 Å². The minimum atomic E-state index is -4.52. The van der Waals surface area contributed by atoms with E-state index in [-0.39, 0.29) is 12.1 Å². The fourth-order valence-corrected chi connectivity index (χ4v) is 4.17. The molecule has 200 valence electrons. The number of carbonyl (C=O) groups excluding carboxylic acids is 1. The van der Waals surface area contributed by atoms with E-state index in [9.17, 15) is 22.8 Å². The molecule has 0 aliphatic rings. The molecular formula is C28H23ClF3N5O2. The van der Waals surface area contributed by atoms with Crippen molar-refractivity contribution in [2.24, 2.45) is 0 Å². The molecule has 4 aromatic rings. The number of hydrogen-bond acceptors (Lipinski definition) is 4. The van der Waals surface area contributed by atoms with Crippen LogP contribution in [-0.4, -0.2) is 20.3 Å². The zero-order chi connectivity index (χ0) is 28.4. The second kappa shape index (κ2) is 10.8. The number of alkyl halides is 3. The SMILES string of the molecule is CC(C)(NC(=O)Cn1nc(-c2ccc(Cl)cc2)n(Cc2ccc(C#N)cc2)c1=O)c1cccc(C(F)(F)F)c1. The summed E-state index contributed by atoms with van der Waals surface area (Å²) in [4.78, 5) is 26.3. The summed E-state index contributed by atoms with van der Waals surface area (Å²) in [7, 11) is 0. The second-order valence-electron chi connectivity index (χ2n) is 9.42. The highest BCUT2D eigenvalue weighted by atomic mass is 35.5. The normalized spacial score (nSPS) is 11.7. The predicted octanol–water partition coefficient (Wildman–Crippen LogP) is 5.36. The summed E-state index contributed by atoms with van der Waals surface area (Å²) in [5.41, 5.74) is -0.490. The van der Waals surface area contributed by atoms with Crippen LogP contribution in [0.2, 0.25) is 5.02 Å². The van der Waals surface area contributed by atoms with Crippen molar-refractivity contribution in [2.45, 2.75) is 38.7 Å². The Morgan fingerprint density at radius 2 is 1.67 bits per heavy atom. The maximum Gasteiger partial charge on any atom is 0.416 e. The Bertz CT molecular complexity index is 1600. The van der Waals surface area contributed by atoms with Crippen LogP contribution in [0.25, 0.3) is 11.4 Å². The van der Waals surface area contributed by atoms with Gasteiger partial charge in [-0.2, -0.15) is 18.4 Å². The van der Waals surface area contributed by atoms with Crippen molar-refractivity contribution in [3.05, 3.63) is 111 Å². The first kappa shape index (κ1) is 27.7. The molecule has 11 heteroatoms. The van der Waals surface area contributed by atoms with Crippen molar-refractivity contribution in [3.63, 3.8) is 0 Å². The number of hydrogen-bond donors (Lipinski definition) is 1. The first-order valence-electron chi connectivity index (χ1n) is 11.8. The highest BCUT2D eigenvalue weighted by molar-refractivity contribution is 6.30. The Morgan fingerprint density at radius 3 is 2.28 bits per heavy atom. The highest BCUT2D eigenvalue weighted by Gasteiger charge is 2.32. The number of rotatable bonds is 7. The van der Waals surface area contributed by atoms with Gasteiger partial charge in [-0.25, -0.2) is 9.48 Å². The molecule has 0 radical (unpaired) electrons. The largest absolute Gasteiger partial charge is 0.416 e. The number of aromatic nitrogens is 3. The third kappa shape index (κ3) is 6.38. The summed E-state index contributed by atoms with van der Waals surface area (Å²) in [6, 6.07) is 20.2. The predicted molar refractivity (Wildman–Crippen MR) is 140 cm³/mol. The van der Waals surface area contributed by atoms with E-state index in [1.54, 1.807) is 62.4 Å². The number of amides is 1. The van der Waals surface area contributed by atoms with Gasteiger partial charge in [-0.3, -0.25) is 9.36 Å². The van der Waals surface area contributed by atoms with E-state index in [2.05, 4.69) is 10.4 Å². The molecule has 4 rings (SSSR count). The number of nitrogens with one attached hydrogen (secondary N) is 1. The molecule has 39 heavy (non-hydrogen) atoms. The van der Waals surface area contributed by atoms with Crippen LogP contribution in [-0.2, 0) is 29.6 Å².